The first-order valence-electron chi connectivity index (χ1n) is 9.84. The van der Waals surface area contributed by atoms with E-state index in [1.165, 1.54) is 38.2 Å². The SMILES string of the molecule is C=C(NC(CC)C(CCC)CCCC)c1ccc(OC(C)C)cc1F. The molecule has 0 bridgehead atoms. The van der Waals surface area contributed by atoms with Gasteiger partial charge in [0, 0.05) is 23.4 Å². The molecule has 0 saturated heterocycles. The molecule has 0 aromatic heterocycles. The Labute approximate surface area is 153 Å². The highest BCUT2D eigenvalue weighted by molar-refractivity contribution is 5.63. The number of hydrogen-bond donors (Lipinski definition) is 1. The second-order valence-corrected chi connectivity index (χ2v) is 7.14. The van der Waals surface area contributed by atoms with Crippen LogP contribution in [0.25, 0.3) is 5.70 Å². The van der Waals surface area contributed by atoms with E-state index in [0.29, 0.717) is 29.0 Å². The monoisotopic (exact) mass is 349 g/mol. The molecule has 0 fully saturated rings. The lowest BCUT2D eigenvalue weighted by Gasteiger charge is -2.29. The van der Waals surface area contributed by atoms with Crippen molar-refractivity contribution >= 4 is 5.70 Å². The molecular weight excluding hydrogens is 313 g/mol. The lowest BCUT2D eigenvalue weighted by Crippen LogP contribution is -2.34. The first-order valence-corrected chi connectivity index (χ1v) is 9.84. The second kappa shape index (κ2) is 11.2. The molecule has 1 aromatic rings. The Bertz CT molecular complexity index is 527. The van der Waals surface area contributed by atoms with E-state index in [9.17, 15) is 4.39 Å². The average Bonchev–Trinajstić information content (AvgIpc) is 2.56. The topological polar surface area (TPSA) is 21.3 Å². The van der Waals surface area contributed by atoms with Gasteiger partial charge in [0.15, 0.2) is 0 Å². The molecule has 0 amide bonds. The largest absolute Gasteiger partial charge is 0.491 e. The summed E-state index contributed by atoms with van der Waals surface area (Å²) in [5, 5.41) is 3.50. The molecule has 0 aliphatic carbocycles. The van der Waals surface area contributed by atoms with E-state index in [0.717, 1.165) is 6.42 Å². The minimum Gasteiger partial charge on any atom is -0.491 e. The van der Waals surface area contributed by atoms with Crippen molar-refractivity contribution in [3.63, 3.8) is 0 Å². The quantitative estimate of drug-likeness (QED) is 0.461. The molecule has 0 radical (unpaired) electrons. The Morgan fingerprint density at radius 1 is 1.16 bits per heavy atom. The zero-order valence-corrected chi connectivity index (χ0v) is 16.7. The molecule has 2 atom stereocenters. The van der Waals surface area contributed by atoms with Crippen molar-refractivity contribution in [2.75, 3.05) is 0 Å². The van der Waals surface area contributed by atoms with E-state index in [4.69, 9.17) is 4.74 Å². The summed E-state index contributed by atoms with van der Waals surface area (Å²) in [7, 11) is 0. The van der Waals surface area contributed by atoms with Crippen LogP contribution in [0.3, 0.4) is 0 Å². The predicted octanol–water partition coefficient (Wildman–Crippen LogP) is 6.56. The number of hydrogen-bond acceptors (Lipinski definition) is 2. The van der Waals surface area contributed by atoms with Crippen LogP contribution in [0, 0.1) is 11.7 Å². The van der Waals surface area contributed by atoms with Crippen LogP contribution in [0.5, 0.6) is 5.75 Å². The molecule has 1 N–H and O–H groups in total. The maximum absolute atomic E-state index is 14.5. The Balaban J connectivity index is 2.83. The van der Waals surface area contributed by atoms with Gasteiger partial charge in [-0.3, -0.25) is 0 Å². The minimum atomic E-state index is -0.286. The highest BCUT2D eigenvalue weighted by Gasteiger charge is 2.20. The van der Waals surface area contributed by atoms with E-state index in [1.54, 1.807) is 6.07 Å². The van der Waals surface area contributed by atoms with Crippen molar-refractivity contribution in [2.24, 2.45) is 5.92 Å². The Hall–Kier alpha value is -1.51. The molecule has 2 nitrogen and oxygen atoms in total. The molecule has 0 spiro atoms. The van der Waals surface area contributed by atoms with Gasteiger partial charge in [0.2, 0.25) is 0 Å². The van der Waals surface area contributed by atoms with Crippen LogP contribution in [0.4, 0.5) is 4.39 Å². The van der Waals surface area contributed by atoms with Gasteiger partial charge in [-0.15, -0.1) is 0 Å². The Morgan fingerprint density at radius 3 is 2.40 bits per heavy atom. The van der Waals surface area contributed by atoms with Gasteiger partial charge in [-0.1, -0.05) is 46.6 Å². The molecule has 0 aliphatic heterocycles. The van der Waals surface area contributed by atoms with Crippen molar-refractivity contribution in [1.82, 2.24) is 5.32 Å². The number of benzene rings is 1. The smallest absolute Gasteiger partial charge is 0.136 e. The summed E-state index contributed by atoms with van der Waals surface area (Å²) in [6.45, 7) is 14.6. The summed E-state index contributed by atoms with van der Waals surface area (Å²) in [6, 6.07) is 5.36. The van der Waals surface area contributed by atoms with Crippen LogP contribution in [-0.4, -0.2) is 12.1 Å². The highest BCUT2D eigenvalue weighted by Crippen LogP contribution is 2.26. The van der Waals surface area contributed by atoms with Crippen molar-refractivity contribution in [2.45, 2.75) is 85.3 Å². The summed E-state index contributed by atoms with van der Waals surface area (Å²) < 4.78 is 20.0. The maximum Gasteiger partial charge on any atom is 0.136 e. The normalized spacial score (nSPS) is 13.6. The number of unbranched alkanes of at least 4 members (excludes halogenated alkanes) is 1. The van der Waals surface area contributed by atoms with Gasteiger partial charge < -0.3 is 10.1 Å². The van der Waals surface area contributed by atoms with Gasteiger partial charge in [0.05, 0.1) is 6.10 Å². The van der Waals surface area contributed by atoms with Crippen molar-refractivity contribution in [3.8, 4) is 5.75 Å². The van der Waals surface area contributed by atoms with E-state index < -0.39 is 0 Å². The lowest BCUT2D eigenvalue weighted by atomic mass is 9.88. The van der Waals surface area contributed by atoms with Crippen LogP contribution in [0.1, 0.15) is 78.7 Å². The summed E-state index contributed by atoms with van der Waals surface area (Å²) in [5.41, 5.74) is 1.19. The predicted molar refractivity (Wildman–Crippen MR) is 106 cm³/mol. The zero-order chi connectivity index (χ0) is 18.8. The van der Waals surface area contributed by atoms with Crippen LogP contribution in [0.15, 0.2) is 24.8 Å². The number of halogens is 1. The number of rotatable bonds is 12. The molecule has 1 aromatic carbocycles. The van der Waals surface area contributed by atoms with Crippen molar-refractivity contribution < 1.29 is 9.13 Å². The average molecular weight is 350 g/mol. The van der Waals surface area contributed by atoms with Gasteiger partial charge in [-0.2, -0.15) is 0 Å². The Morgan fingerprint density at radius 2 is 1.88 bits per heavy atom. The second-order valence-electron chi connectivity index (χ2n) is 7.14. The van der Waals surface area contributed by atoms with Gasteiger partial charge in [0.1, 0.15) is 11.6 Å². The van der Waals surface area contributed by atoms with Crippen LogP contribution >= 0.6 is 0 Å². The fourth-order valence-electron chi connectivity index (χ4n) is 3.32. The third kappa shape index (κ3) is 7.09. The first-order chi connectivity index (χ1) is 11.9. The van der Waals surface area contributed by atoms with Gasteiger partial charge >= 0.3 is 0 Å². The van der Waals surface area contributed by atoms with Crippen molar-refractivity contribution in [3.05, 3.63) is 36.2 Å². The molecular formula is C22H36FNO. The molecule has 25 heavy (non-hydrogen) atoms. The summed E-state index contributed by atoms with van der Waals surface area (Å²) in [4.78, 5) is 0. The third-order valence-corrected chi connectivity index (χ3v) is 4.59. The molecule has 142 valence electrons. The molecule has 0 heterocycles. The zero-order valence-electron chi connectivity index (χ0n) is 16.7. The Kier molecular flexibility index (Phi) is 9.62. The van der Waals surface area contributed by atoms with Gasteiger partial charge in [-0.05, 0) is 51.2 Å². The molecule has 2 unspecified atom stereocenters. The molecule has 1 rings (SSSR count). The summed E-state index contributed by atoms with van der Waals surface area (Å²) in [5.74, 6) is 0.882. The summed E-state index contributed by atoms with van der Waals surface area (Å²) in [6.07, 6.45) is 7.09. The summed E-state index contributed by atoms with van der Waals surface area (Å²) >= 11 is 0. The molecule has 0 saturated carbocycles. The van der Waals surface area contributed by atoms with E-state index in [2.05, 4.69) is 32.7 Å². The third-order valence-electron chi connectivity index (χ3n) is 4.59. The van der Waals surface area contributed by atoms with E-state index in [1.807, 2.05) is 19.9 Å². The van der Waals surface area contributed by atoms with Gasteiger partial charge in [-0.25, -0.2) is 4.39 Å². The standard InChI is InChI=1S/C22H36FNO/c1-7-10-12-18(11-8-2)22(9-3)24-17(6)20-14-13-19(15-21(20)23)25-16(4)5/h13-16,18,22,24H,6-12H2,1-5H3. The fraction of sp³-hybridized carbons (Fsp3) is 0.636. The molecule has 3 heteroatoms. The van der Waals surface area contributed by atoms with Crippen LogP contribution in [-0.2, 0) is 0 Å². The van der Waals surface area contributed by atoms with E-state index in [-0.39, 0.29) is 11.9 Å². The maximum atomic E-state index is 14.5. The van der Waals surface area contributed by atoms with Crippen molar-refractivity contribution in [1.29, 1.82) is 0 Å². The first kappa shape index (κ1) is 21.5. The molecule has 0 aliphatic rings. The lowest BCUT2D eigenvalue weighted by molar-refractivity contribution is 0.241. The highest BCUT2D eigenvalue weighted by atomic mass is 19.1. The van der Waals surface area contributed by atoms with Crippen LogP contribution < -0.4 is 10.1 Å². The fourth-order valence-corrected chi connectivity index (χ4v) is 3.32. The number of nitrogens with one attached hydrogen (secondary N) is 1. The van der Waals surface area contributed by atoms with E-state index >= 15 is 0 Å². The minimum absolute atomic E-state index is 0.0319. The van der Waals surface area contributed by atoms with Crippen LogP contribution in [0.2, 0.25) is 0 Å². The van der Waals surface area contributed by atoms with Gasteiger partial charge in [0.25, 0.3) is 0 Å². The number of ether oxygens (including phenoxy) is 1.